The minimum atomic E-state index is 0.790. The fraction of sp³-hybridized carbons (Fsp3) is 0.333. The molecule has 0 saturated carbocycles. The molecule has 1 N–H and O–H groups in total. The third kappa shape index (κ3) is 3.37. The molecule has 94 valence electrons. The molecule has 0 amide bonds. The van der Waals surface area contributed by atoms with Crippen LogP contribution in [0.5, 0.6) is 0 Å². The normalized spacial score (nSPS) is 10.6. The van der Waals surface area contributed by atoms with Gasteiger partial charge in [0, 0.05) is 30.1 Å². The van der Waals surface area contributed by atoms with Gasteiger partial charge < -0.3 is 5.32 Å². The van der Waals surface area contributed by atoms with Crippen molar-refractivity contribution in [1.82, 2.24) is 15.3 Å². The summed E-state index contributed by atoms with van der Waals surface area (Å²) in [5.74, 6) is 0.790. The summed E-state index contributed by atoms with van der Waals surface area (Å²) in [4.78, 5) is 8.84. The van der Waals surface area contributed by atoms with E-state index < -0.39 is 0 Å². The quantitative estimate of drug-likeness (QED) is 0.818. The molecule has 0 aliphatic carbocycles. The topological polar surface area (TPSA) is 37.8 Å². The summed E-state index contributed by atoms with van der Waals surface area (Å²) >= 11 is 0. The molecule has 3 nitrogen and oxygen atoms in total. The minimum absolute atomic E-state index is 0.790. The van der Waals surface area contributed by atoms with Gasteiger partial charge in [-0.05, 0) is 26.0 Å². The van der Waals surface area contributed by atoms with Crippen LogP contribution in [0.3, 0.4) is 0 Å². The molecule has 0 radical (unpaired) electrons. The Balaban J connectivity index is 2.07. The maximum absolute atomic E-state index is 4.42. The highest BCUT2D eigenvalue weighted by molar-refractivity contribution is 5.55. The average Bonchev–Trinajstić information content (AvgIpc) is 2.40. The molecule has 1 aromatic carbocycles. The Labute approximate surface area is 108 Å². The van der Waals surface area contributed by atoms with E-state index in [0.29, 0.717) is 0 Å². The Kier molecular flexibility index (Phi) is 4.42. The van der Waals surface area contributed by atoms with Gasteiger partial charge in [0.05, 0.1) is 0 Å². The van der Waals surface area contributed by atoms with E-state index in [-0.39, 0.29) is 0 Å². The van der Waals surface area contributed by atoms with Crippen LogP contribution in [0.25, 0.3) is 11.4 Å². The van der Waals surface area contributed by atoms with E-state index in [4.69, 9.17) is 0 Å². The molecule has 0 aliphatic heterocycles. The molecule has 18 heavy (non-hydrogen) atoms. The van der Waals surface area contributed by atoms with Crippen LogP contribution < -0.4 is 5.32 Å². The van der Waals surface area contributed by atoms with E-state index in [2.05, 4.69) is 41.3 Å². The minimum Gasteiger partial charge on any atom is -0.313 e. The standard InChI is InChI=1S/C15H19N3/c1-3-7-16-9-13-10-17-15(18-11-13)14-6-4-5-12(2)8-14/h4-6,8,10-11,16H,3,7,9H2,1-2H3. The lowest BCUT2D eigenvalue weighted by atomic mass is 10.1. The van der Waals surface area contributed by atoms with Crippen LogP contribution in [0.2, 0.25) is 0 Å². The highest BCUT2D eigenvalue weighted by atomic mass is 14.9. The van der Waals surface area contributed by atoms with Crippen molar-refractivity contribution >= 4 is 0 Å². The molecule has 0 aliphatic rings. The summed E-state index contributed by atoms with van der Waals surface area (Å²) in [6.07, 6.45) is 4.93. The van der Waals surface area contributed by atoms with E-state index >= 15 is 0 Å². The van der Waals surface area contributed by atoms with Crippen LogP contribution >= 0.6 is 0 Å². The van der Waals surface area contributed by atoms with Gasteiger partial charge in [-0.25, -0.2) is 9.97 Å². The molecule has 0 bridgehead atoms. The molecular formula is C15H19N3. The summed E-state index contributed by atoms with van der Waals surface area (Å²) in [5.41, 5.74) is 3.42. The van der Waals surface area contributed by atoms with Crippen molar-refractivity contribution < 1.29 is 0 Å². The van der Waals surface area contributed by atoms with Crippen molar-refractivity contribution in [3.8, 4) is 11.4 Å². The maximum atomic E-state index is 4.42. The number of rotatable bonds is 5. The second-order valence-corrected chi connectivity index (χ2v) is 4.46. The Bertz CT molecular complexity index is 491. The summed E-state index contributed by atoms with van der Waals surface area (Å²) < 4.78 is 0. The zero-order valence-corrected chi connectivity index (χ0v) is 11.0. The van der Waals surface area contributed by atoms with Crippen molar-refractivity contribution in [2.75, 3.05) is 6.54 Å². The summed E-state index contributed by atoms with van der Waals surface area (Å²) in [6, 6.07) is 8.25. The third-order valence-corrected chi connectivity index (χ3v) is 2.74. The van der Waals surface area contributed by atoms with Crippen LogP contribution in [0, 0.1) is 6.92 Å². The van der Waals surface area contributed by atoms with Crippen LogP contribution in [0.4, 0.5) is 0 Å². The highest BCUT2D eigenvalue weighted by Gasteiger charge is 2.01. The largest absolute Gasteiger partial charge is 0.313 e. The number of aryl methyl sites for hydroxylation is 1. The molecule has 2 rings (SSSR count). The van der Waals surface area contributed by atoms with E-state index in [1.807, 2.05) is 24.5 Å². The van der Waals surface area contributed by atoms with Crippen LogP contribution in [-0.2, 0) is 6.54 Å². The predicted octanol–water partition coefficient (Wildman–Crippen LogP) is 2.95. The van der Waals surface area contributed by atoms with E-state index in [1.54, 1.807) is 0 Å². The zero-order chi connectivity index (χ0) is 12.8. The molecule has 0 saturated heterocycles. The third-order valence-electron chi connectivity index (χ3n) is 2.74. The number of aromatic nitrogens is 2. The number of hydrogen-bond acceptors (Lipinski definition) is 3. The lowest BCUT2D eigenvalue weighted by molar-refractivity contribution is 0.672. The first-order valence-electron chi connectivity index (χ1n) is 6.38. The number of hydrogen-bond donors (Lipinski definition) is 1. The number of nitrogens with zero attached hydrogens (tertiary/aromatic N) is 2. The molecule has 0 fully saturated rings. The van der Waals surface area contributed by atoms with Gasteiger partial charge in [0.15, 0.2) is 5.82 Å². The number of benzene rings is 1. The molecule has 3 heteroatoms. The molecule has 0 unspecified atom stereocenters. The smallest absolute Gasteiger partial charge is 0.159 e. The van der Waals surface area contributed by atoms with Gasteiger partial charge in [-0.15, -0.1) is 0 Å². The van der Waals surface area contributed by atoms with Crippen molar-refractivity contribution in [1.29, 1.82) is 0 Å². The lowest BCUT2D eigenvalue weighted by Gasteiger charge is -2.04. The van der Waals surface area contributed by atoms with Crippen molar-refractivity contribution in [2.45, 2.75) is 26.8 Å². The van der Waals surface area contributed by atoms with Gasteiger partial charge in [0.2, 0.25) is 0 Å². The Hall–Kier alpha value is -1.74. The molecule has 0 atom stereocenters. The van der Waals surface area contributed by atoms with E-state index in [1.165, 1.54) is 5.56 Å². The molecule has 2 aromatic rings. The Morgan fingerprint density at radius 2 is 1.94 bits per heavy atom. The summed E-state index contributed by atoms with van der Waals surface area (Å²) in [7, 11) is 0. The Morgan fingerprint density at radius 1 is 1.17 bits per heavy atom. The van der Waals surface area contributed by atoms with Crippen LogP contribution in [0.1, 0.15) is 24.5 Å². The van der Waals surface area contributed by atoms with E-state index in [0.717, 1.165) is 36.5 Å². The average molecular weight is 241 g/mol. The Morgan fingerprint density at radius 3 is 2.61 bits per heavy atom. The first kappa shape index (κ1) is 12.7. The van der Waals surface area contributed by atoms with Gasteiger partial charge in [0.25, 0.3) is 0 Å². The van der Waals surface area contributed by atoms with Gasteiger partial charge in [-0.3, -0.25) is 0 Å². The predicted molar refractivity (Wildman–Crippen MR) is 74.2 cm³/mol. The second kappa shape index (κ2) is 6.26. The van der Waals surface area contributed by atoms with Crippen molar-refractivity contribution in [3.63, 3.8) is 0 Å². The first-order chi connectivity index (χ1) is 8.79. The first-order valence-corrected chi connectivity index (χ1v) is 6.38. The molecule has 0 spiro atoms. The lowest BCUT2D eigenvalue weighted by Crippen LogP contribution is -2.14. The van der Waals surface area contributed by atoms with Crippen LogP contribution in [-0.4, -0.2) is 16.5 Å². The molecular weight excluding hydrogens is 222 g/mol. The van der Waals surface area contributed by atoms with Gasteiger partial charge in [0.1, 0.15) is 0 Å². The summed E-state index contributed by atoms with van der Waals surface area (Å²) in [6.45, 7) is 6.10. The molecule has 1 aromatic heterocycles. The van der Waals surface area contributed by atoms with Crippen molar-refractivity contribution in [3.05, 3.63) is 47.8 Å². The van der Waals surface area contributed by atoms with E-state index in [9.17, 15) is 0 Å². The monoisotopic (exact) mass is 241 g/mol. The van der Waals surface area contributed by atoms with Gasteiger partial charge in [-0.2, -0.15) is 0 Å². The maximum Gasteiger partial charge on any atom is 0.159 e. The summed E-state index contributed by atoms with van der Waals surface area (Å²) in [5, 5.41) is 3.34. The highest BCUT2D eigenvalue weighted by Crippen LogP contribution is 2.15. The van der Waals surface area contributed by atoms with Crippen molar-refractivity contribution in [2.24, 2.45) is 0 Å². The fourth-order valence-electron chi connectivity index (χ4n) is 1.79. The second-order valence-electron chi connectivity index (χ2n) is 4.46. The molecule has 1 heterocycles. The number of nitrogens with one attached hydrogen (secondary N) is 1. The van der Waals surface area contributed by atoms with Gasteiger partial charge >= 0.3 is 0 Å². The van der Waals surface area contributed by atoms with Gasteiger partial charge in [-0.1, -0.05) is 30.7 Å². The zero-order valence-electron chi connectivity index (χ0n) is 11.0. The fourth-order valence-corrected chi connectivity index (χ4v) is 1.79. The SMILES string of the molecule is CCCNCc1cnc(-c2cccc(C)c2)nc1. The van der Waals surface area contributed by atoms with Crippen LogP contribution in [0.15, 0.2) is 36.7 Å².